The number of nitrogens with zero attached hydrogens (tertiary/aromatic N) is 3. The highest BCUT2D eigenvalue weighted by Crippen LogP contribution is 2.25. The molecule has 0 atom stereocenters. The third-order valence-corrected chi connectivity index (χ3v) is 5.48. The Balaban J connectivity index is 1.31. The summed E-state index contributed by atoms with van der Waals surface area (Å²) < 4.78 is 0. The number of carbonyl (C=O) groups excluding carboxylic acids is 4. The zero-order valence-electron chi connectivity index (χ0n) is 15.8. The van der Waals surface area contributed by atoms with Crippen LogP contribution in [0.4, 0.5) is 5.13 Å². The number of hydrogen-bond acceptors (Lipinski definition) is 7. The molecule has 31 heavy (non-hydrogen) atoms. The van der Waals surface area contributed by atoms with E-state index in [-0.39, 0.29) is 18.2 Å². The summed E-state index contributed by atoms with van der Waals surface area (Å²) in [5.74, 6) is -1.71. The lowest BCUT2D eigenvalue weighted by atomic mass is 10.1. The maximum atomic E-state index is 12.4. The van der Waals surface area contributed by atoms with Gasteiger partial charge >= 0.3 is 0 Å². The van der Waals surface area contributed by atoms with Gasteiger partial charge in [0.2, 0.25) is 11.0 Å². The summed E-state index contributed by atoms with van der Waals surface area (Å²) in [5, 5.41) is 13.9. The molecule has 0 fully saturated rings. The molecule has 4 amide bonds. The Morgan fingerprint density at radius 2 is 1.61 bits per heavy atom. The monoisotopic (exact) mass is 455 g/mol. The lowest BCUT2D eigenvalue weighted by Gasteiger charge is -2.10. The molecular weight excluding hydrogens is 442 g/mol. The lowest BCUT2D eigenvalue weighted by molar-refractivity contribution is -0.115. The molecule has 2 N–H and O–H groups in total. The summed E-state index contributed by atoms with van der Waals surface area (Å²) in [7, 11) is 0. The van der Waals surface area contributed by atoms with Gasteiger partial charge < -0.3 is 5.32 Å². The fraction of sp³-hybridized carbons (Fsp3) is 0.100. The SMILES string of the molecule is O=C(CNC(=O)c1ccc(Cl)cc1)Nc1nnc(CN2C(=O)c3ccccc3C2=O)s1. The van der Waals surface area contributed by atoms with Crippen LogP contribution in [0.5, 0.6) is 0 Å². The quantitative estimate of drug-likeness (QED) is 0.550. The van der Waals surface area contributed by atoms with Crippen LogP contribution in [0.15, 0.2) is 48.5 Å². The number of carbonyl (C=O) groups is 4. The van der Waals surface area contributed by atoms with Gasteiger partial charge in [0, 0.05) is 10.6 Å². The van der Waals surface area contributed by atoms with Crippen LogP contribution in [0.1, 0.15) is 36.1 Å². The van der Waals surface area contributed by atoms with Crippen molar-refractivity contribution in [3.05, 3.63) is 75.3 Å². The molecule has 3 aromatic rings. The molecule has 1 aliphatic rings. The number of amides is 4. The minimum Gasteiger partial charge on any atom is -0.343 e. The van der Waals surface area contributed by atoms with Crippen LogP contribution >= 0.6 is 22.9 Å². The van der Waals surface area contributed by atoms with Crippen molar-refractivity contribution in [2.75, 3.05) is 11.9 Å². The molecule has 0 unspecified atom stereocenters. The zero-order chi connectivity index (χ0) is 22.0. The topological polar surface area (TPSA) is 121 Å². The summed E-state index contributed by atoms with van der Waals surface area (Å²) in [5.41, 5.74) is 1.07. The standard InChI is InChI=1S/C20H14ClN5O4S/c21-12-7-5-11(6-8-12)17(28)22-9-15(27)23-20-25-24-16(31-20)10-26-18(29)13-3-1-2-4-14(13)19(26)30/h1-8H,9-10H2,(H,22,28)(H,23,25,27). The second-order valence-electron chi connectivity index (χ2n) is 6.48. The van der Waals surface area contributed by atoms with E-state index in [0.29, 0.717) is 26.7 Å². The number of anilines is 1. The first-order chi connectivity index (χ1) is 14.9. The summed E-state index contributed by atoms with van der Waals surface area (Å²) in [6, 6.07) is 12.8. The number of imide groups is 1. The number of aromatic nitrogens is 2. The minimum absolute atomic E-state index is 0.0484. The van der Waals surface area contributed by atoms with Gasteiger partial charge in [-0.2, -0.15) is 0 Å². The zero-order valence-corrected chi connectivity index (χ0v) is 17.4. The fourth-order valence-corrected chi connectivity index (χ4v) is 3.78. The second-order valence-corrected chi connectivity index (χ2v) is 7.98. The Morgan fingerprint density at radius 3 is 2.26 bits per heavy atom. The Kier molecular flexibility index (Phi) is 5.74. The number of hydrogen-bond donors (Lipinski definition) is 2. The first-order valence-corrected chi connectivity index (χ1v) is 10.2. The predicted molar refractivity (Wildman–Crippen MR) is 113 cm³/mol. The summed E-state index contributed by atoms with van der Waals surface area (Å²) in [6.45, 7) is -0.317. The maximum absolute atomic E-state index is 12.4. The van der Waals surface area contributed by atoms with Gasteiger partial charge in [-0.1, -0.05) is 35.1 Å². The highest BCUT2D eigenvalue weighted by atomic mass is 35.5. The van der Waals surface area contributed by atoms with Gasteiger partial charge in [0.25, 0.3) is 17.7 Å². The van der Waals surface area contributed by atoms with Crippen LogP contribution in [-0.2, 0) is 11.3 Å². The number of nitrogens with one attached hydrogen (secondary N) is 2. The van der Waals surface area contributed by atoms with E-state index in [2.05, 4.69) is 20.8 Å². The van der Waals surface area contributed by atoms with Gasteiger partial charge in [0.05, 0.1) is 24.2 Å². The maximum Gasteiger partial charge on any atom is 0.261 e. The van der Waals surface area contributed by atoms with Crippen LogP contribution in [0.25, 0.3) is 0 Å². The van der Waals surface area contributed by atoms with E-state index in [1.807, 2.05) is 0 Å². The van der Waals surface area contributed by atoms with Gasteiger partial charge in [0.15, 0.2) is 0 Å². The van der Waals surface area contributed by atoms with Crippen molar-refractivity contribution < 1.29 is 19.2 Å². The molecule has 0 saturated carbocycles. The molecular formula is C20H14ClN5O4S. The molecule has 0 saturated heterocycles. The van der Waals surface area contributed by atoms with E-state index in [0.717, 1.165) is 16.2 Å². The molecule has 0 radical (unpaired) electrons. The van der Waals surface area contributed by atoms with E-state index >= 15 is 0 Å². The highest BCUT2D eigenvalue weighted by Gasteiger charge is 2.35. The molecule has 0 aliphatic carbocycles. The first kappa shape index (κ1) is 20.6. The van der Waals surface area contributed by atoms with Crippen molar-refractivity contribution in [1.29, 1.82) is 0 Å². The van der Waals surface area contributed by atoms with Gasteiger partial charge in [-0.15, -0.1) is 10.2 Å². The average Bonchev–Trinajstić information content (AvgIpc) is 3.31. The second kappa shape index (κ2) is 8.62. The van der Waals surface area contributed by atoms with Crippen LogP contribution in [0, 0.1) is 0 Å². The van der Waals surface area contributed by atoms with E-state index in [1.54, 1.807) is 48.5 Å². The number of benzene rings is 2. The van der Waals surface area contributed by atoms with Crippen molar-refractivity contribution in [2.45, 2.75) is 6.54 Å². The van der Waals surface area contributed by atoms with Crippen LogP contribution < -0.4 is 10.6 Å². The van der Waals surface area contributed by atoms with Gasteiger partial charge in [-0.05, 0) is 36.4 Å². The molecule has 1 aromatic heterocycles. The third-order valence-electron chi connectivity index (χ3n) is 4.40. The van der Waals surface area contributed by atoms with Crippen molar-refractivity contribution >= 4 is 51.7 Å². The molecule has 11 heteroatoms. The smallest absolute Gasteiger partial charge is 0.261 e. The normalized spacial score (nSPS) is 12.6. The van der Waals surface area contributed by atoms with Crippen LogP contribution in [0.2, 0.25) is 5.02 Å². The number of halogens is 1. The van der Waals surface area contributed by atoms with Gasteiger partial charge in [-0.25, -0.2) is 0 Å². The molecule has 0 spiro atoms. The summed E-state index contributed by atoms with van der Waals surface area (Å²) >= 11 is 6.82. The molecule has 2 aromatic carbocycles. The Hall–Kier alpha value is -3.63. The Labute approximate surface area is 185 Å². The molecule has 156 valence electrons. The Bertz CT molecular complexity index is 1160. The first-order valence-electron chi connectivity index (χ1n) is 9.03. The summed E-state index contributed by atoms with van der Waals surface area (Å²) in [4.78, 5) is 50.1. The van der Waals surface area contributed by atoms with Crippen LogP contribution in [-0.4, -0.2) is 45.3 Å². The molecule has 9 nitrogen and oxygen atoms in total. The molecule has 0 bridgehead atoms. The molecule has 2 heterocycles. The molecule has 1 aliphatic heterocycles. The van der Waals surface area contributed by atoms with E-state index in [4.69, 9.17) is 11.6 Å². The number of rotatable bonds is 6. The van der Waals surface area contributed by atoms with Gasteiger partial charge in [-0.3, -0.25) is 29.4 Å². The van der Waals surface area contributed by atoms with Crippen molar-refractivity contribution in [1.82, 2.24) is 20.4 Å². The predicted octanol–water partition coefficient (Wildman–Crippen LogP) is 2.36. The minimum atomic E-state index is -0.495. The van der Waals surface area contributed by atoms with Crippen molar-refractivity contribution in [3.8, 4) is 0 Å². The lowest BCUT2D eigenvalue weighted by Crippen LogP contribution is -2.32. The largest absolute Gasteiger partial charge is 0.343 e. The third kappa shape index (κ3) is 4.44. The van der Waals surface area contributed by atoms with Crippen molar-refractivity contribution in [3.63, 3.8) is 0 Å². The van der Waals surface area contributed by atoms with Crippen molar-refractivity contribution in [2.24, 2.45) is 0 Å². The van der Waals surface area contributed by atoms with E-state index < -0.39 is 23.6 Å². The van der Waals surface area contributed by atoms with Crippen LogP contribution in [0.3, 0.4) is 0 Å². The highest BCUT2D eigenvalue weighted by molar-refractivity contribution is 7.15. The summed E-state index contributed by atoms with van der Waals surface area (Å²) in [6.07, 6.45) is 0. The Morgan fingerprint density at radius 1 is 0.968 bits per heavy atom. The number of fused-ring (bicyclic) bond motifs is 1. The van der Waals surface area contributed by atoms with E-state index in [9.17, 15) is 19.2 Å². The average molecular weight is 456 g/mol. The van der Waals surface area contributed by atoms with E-state index in [1.165, 1.54) is 0 Å². The fourth-order valence-electron chi connectivity index (χ4n) is 2.91. The molecule has 4 rings (SSSR count). The van der Waals surface area contributed by atoms with Gasteiger partial charge in [0.1, 0.15) is 5.01 Å².